The topological polar surface area (TPSA) is 84.6 Å². The van der Waals surface area contributed by atoms with Gasteiger partial charge in [0.05, 0.1) is 23.0 Å². The Morgan fingerprint density at radius 2 is 2.33 bits per heavy atom. The monoisotopic (exact) mass is 250 g/mol. The van der Waals surface area contributed by atoms with Crippen molar-refractivity contribution in [1.82, 2.24) is 0 Å². The van der Waals surface area contributed by atoms with E-state index < -0.39 is 5.97 Å². The Hall–Kier alpha value is -1.75. The van der Waals surface area contributed by atoms with Crippen LogP contribution in [0.3, 0.4) is 0 Å². The second-order valence-electron chi connectivity index (χ2n) is 4.65. The van der Waals surface area contributed by atoms with Gasteiger partial charge in [0.1, 0.15) is 0 Å². The number of carboxylic acid groups (broad SMARTS) is 1. The number of rotatable bonds is 3. The number of ether oxygens (including phenoxy) is 1. The number of hydrogen-bond acceptors (Lipinski definition) is 4. The maximum atomic E-state index is 10.8. The van der Waals surface area contributed by atoms with Crippen molar-refractivity contribution >= 4 is 17.3 Å². The summed E-state index contributed by atoms with van der Waals surface area (Å²) in [4.78, 5) is 10.8. The van der Waals surface area contributed by atoms with E-state index in [0.29, 0.717) is 11.7 Å². The van der Waals surface area contributed by atoms with Crippen molar-refractivity contribution in [2.75, 3.05) is 17.7 Å². The highest BCUT2D eigenvalue weighted by atomic mass is 16.5. The van der Waals surface area contributed by atoms with Crippen molar-refractivity contribution in [2.45, 2.75) is 31.9 Å². The Morgan fingerprint density at radius 1 is 1.56 bits per heavy atom. The maximum Gasteiger partial charge on any atom is 0.335 e. The first-order valence-electron chi connectivity index (χ1n) is 6.07. The summed E-state index contributed by atoms with van der Waals surface area (Å²) in [5, 5.41) is 12.2. The predicted octanol–water partition coefficient (Wildman–Crippen LogP) is 1.95. The minimum atomic E-state index is -0.965. The zero-order chi connectivity index (χ0) is 13.1. The van der Waals surface area contributed by atoms with E-state index in [9.17, 15) is 4.79 Å². The molecule has 2 unspecified atom stereocenters. The molecule has 4 N–H and O–H groups in total. The van der Waals surface area contributed by atoms with Gasteiger partial charge in [0.25, 0.3) is 0 Å². The van der Waals surface area contributed by atoms with Gasteiger partial charge in [0.15, 0.2) is 0 Å². The number of carbonyl (C=O) groups is 1. The van der Waals surface area contributed by atoms with Crippen molar-refractivity contribution < 1.29 is 14.6 Å². The molecule has 2 rings (SSSR count). The molecule has 0 aliphatic carbocycles. The second kappa shape index (κ2) is 5.27. The molecule has 2 atom stereocenters. The fourth-order valence-electron chi connectivity index (χ4n) is 2.18. The number of nitrogens with two attached hydrogens (primary N) is 1. The average Bonchev–Trinajstić information content (AvgIpc) is 2.31. The van der Waals surface area contributed by atoms with E-state index in [4.69, 9.17) is 15.6 Å². The molecule has 0 radical (unpaired) electrons. The third-order valence-corrected chi connectivity index (χ3v) is 3.14. The molecule has 5 heteroatoms. The molecule has 18 heavy (non-hydrogen) atoms. The predicted molar refractivity (Wildman–Crippen MR) is 69.9 cm³/mol. The summed E-state index contributed by atoms with van der Waals surface area (Å²) in [6, 6.07) is 5.09. The van der Waals surface area contributed by atoms with Gasteiger partial charge in [-0.2, -0.15) is 0 Å². The molecule has 0 amide bonds. The van der Waals surface area contributed by atoms with E-state index in [2.05, 4.69) is 5.32 Å². The molecule has 1 saturated heterocycles. The highest BCUT2D eigenvalue weighted by molar-refractivity contribution is 5.90. The van der Waals surface area contributed by atoms with Crippen molar-refractivity contribution in [3.63, 3.8) is 0 Å². The molecule has 1 fully saturated rings. The second-order valence-corrected chi connectivity index (χ2v) is 4.65. The molecule has 1 heterocycles. The summed E-state index contributed by atoms with van der Waals surface area (Å²) in [6.07, 6.45) is 2.11. The van der Waals surface area contributed by atoms with Gasteiger partial charge in [-0.1, -0.05) is 0 Å². The number of hydrogen-bond donors (Lipinski definition) is 3. The highest BCUT2D eigenvalue weighted by Crippen LogP contribution is 2.24. The number of nitrogens with one attached hydrogen (secondary N) is 1. The lowest BCUT2D eigenvalue weighted by Gasteiger charge is -2.29. The van der Waals surface area contributed by atoms with Crippen LogP contribution in [0.4, 0.5) is 11.4 Å². The van der Waals surface area contributed by atoms with E-state index in [0.717, 1.165) is 25.1 Å². The van der Waals surface area contributed by atoms with Crippen LogP contribution < -0.4 is 11.1 Å². The zero-order valence-corrected chi connectivity index (χ0v) is 10.3. The Balaban J connectivity index is 2.07. The number of aromatic carboxylic acids is 1. The minimum absolute atomic E-state index is 0.207. The molecule has 0 saturated carbocycles. The van der Waals surface area contributed by atoms with Crippen LogP contribution in [0.2, 0.25) is 0 Å². The number of nitrogen functional groups attached to an aromatic ring is 1. The van der Waals surface area contributed by atoms with Gasteiger partial charge in [-0.25, -0.2) is 4.79 Å². The summed E-state index contributed by atoms with van der Waals surface area (Å²) in [5.74, 6) is -0.965. The van der Waals surface area contributed by atoms with Crippen molar-refractivity contribution in [2.24, 2.45) is 0 Å². The Morgan fingerprint density at radius 3 is 2.94 bits per heavy atom. The van der Waals surface area contributed by atoms with Crippen LogP contribution in [-0.4, -0.2) is 29.8 Å². The van der Waals surface area contributed by atoms with Crippen LogP contribution in [0.1, 0.15) is 30.1 Å². The fraction of sp³-hybridized carbons (Fsp3) is 0.462. The molecular weight excluding hydrogens is 232 g/mol. The van der Waals surface area contributed by atoms with Crippen LogP contribution >= 0.6 is 0 Å². The lowest BCUT2D eigenvalue weighted by Crippen LogP contribution is -2.32. The summed E-state index contributed by atoms with van der Waals surface area (Å²) in [5.41, 5.74) is 7.32. The first kappa shape index (κ1) is 12.7. The SMILES string of the molecule is CC1CC(Nc2ccc(C(=O)O)cc2N)CCO1. The van der Waals surface area contributed by atoms with Gasteiger partial charge in [-0.15, -0.1) is 0 Å². The van der Waals surface area contributed by atoms with Gasteiger partial charge < -0.3 is 20.9 Å². The zero-order valence-electron chi connectivity index (χ0n) is 10.3. The standard InChI is InChI=1S/C13H18N2O3/c1-8-6-10(4-5-18-8)15-12-3-2-9(13(16)17)7-11(12)14/h2-3,7-8,10,15H,4-6,14H2,1H3,(H,16,17). The van der Waals surface area contributed by atoms with Crippen LogP contribution in [0.25, 0.3) is 0 Å². The molecule has 1 aromatic rings. The molecule has 0 bridgehead atoms. The minimum Gasteiger partial charge on any atom is -0.478 e. The number of anilines is 2. The Bertz CT molecular complexity index is 448. The number of carboxylic acids is 1. The molecule has 98 valence electrons. The Kier molecular flexibility index (Phi) is 3.72. The summed E-state index contributed by atoms with van der Waals surface area (Å²) < 4.78 is 5.48. The van der Waals surface area contributed by atoms with E-state index in [1.807, 2.05) is 6.92 Å². The molecule has 0 aromatic heterocycles. The molecule has 1 aromatic carbocycles. The molecule has 5 nitrogen and oxygen atoms in total. The maximum absolute atomic E-state index is 10.8. The molecule has 1 aliphatic rings. The van der Waals surface area contributed by atoms with Gasteiger partial charge in [-0.05, 0) is 38.0 Å². The summed E-state index contributed by atoms with van der Waals surface area (Å²) in [7, 11) is 0. The average molecular weight is 250 g/mol. The smallest absolute Gasteiger partial charge is 0.335 e. The quantitative estimate of drug-likeness (QED) is 0.714. The van der Waals surface area contributed by atoms with Crippen LogP contribution in [-0.2, 0) is 4.74 Å². The Labute approximate surface area is 106 Å². The van der Waals surface area contributed by atoms with Gasteiger partial charge in [-0.3, -0.25) is 0 Å². The molecule has 0 spiro atoms. The van der Waals surface area contributed by atoms with E-state index in [-0.39, 0.29) is 11.7 Å². The third kappa shape index (κ3) is 2.92. The lowest BCUT2D eigenvalue weighted by molar-refractivity contribution is 0.0232. The van der Waals surface area contributed by atoms with E-state index in [1.54, 1.807) is 12.1 Å². The van der Waals surface area contributed by atoms with Crippen molar-refractivity contribution in [3.8, 4) is 0 Å². The largest absolute Gasteiger partial charge is 0.478 e. The van der Waals surface area contributed by atoms with Crippen LogP contribution in [0.5, 0.6) is 0 Å². The van der Waals surface area contributed by atoms with E-state index in [1.165, 1.54) is 6.07 Å². The summed E-state index contributed by atoms with van der Waals surface area (Å²) >= 11 is 0. The first-order chi connectivity index (χ1) is 8.56. The normalized spacial score (nSPS) is 23.6. The van der Waals surface area contributed by atoms with Gasteiger partial charge in [0.2, 0.25) is 0 Å². The molecular formula is C13H18N2O3. The fourth-order valence-corrected chi connectivity index (χ4v) is 2.18. The van der Waals surface area contributed by atoms with Crippen molar-refractivity contribution in [3.05, 3.63) is 23.8 Å². The molecule has 1 aliphatic heterocycles. The van der Waals surface area contributed by atoms with Crippen LogP contribution in [0.15, 0.2) is 18.2 Å². The van der Waals surface area contributed by atoms with Crippen LogP contribution in [0, 0.1) is 0 Å². The first-order valence-corrected chi connectivity index (χ1v) is 6.07. The lowest BCUT2D eigenvalue weighted by atomic mass is 10.0. The highest BCUT2D eigenvalue weighted by Gasteiger charge is 2.19. The van der Waals surface area contributed by atoms with Gasteiger partial charge in [0, 0.05) is 12.6 Å². The van der Waals surface area contributed by atoms with Crippen molar-refractivity contribution in [1.29, 1.82) is 0 Å². The summed E-state index contributed by atoms with van der Waals surface area (Å²) in [6.45, 7) is 2.79. The van der Waals surface area contributed by atoms with E-state index >= 15 is 0 Å². The number of benzene rings is 1. The third-order valence-electron chi connectivity index (χ3n) is 3.14. The van der Waals surface area contributed by atoms with Gasteiger partial charge >= 0.3 is 5.97 Å².